The van der Waals surface area contributed by atoms with E-state index in [2.05, 4.69) is 21.2 Å². The first kappa shape index (κ1) is 14.4. The quantitative estimate of drug-likeness (QED) is 0.641. The zero-order valence-corrected chi connectivity index (χ0v) is 13.1. The monoisotopic (exact) mass is 359 g/mol. The molecule has 2 N–H and O–H groups in total. The number of amides is 1. The Hall–Kier alpha value is -1.05. The lowest BCUT2D eigenvalue weighted by Crippen LogP contribution is -2.17. The molecule has 0 unspecified atom stereocenters. The highest BCUT2D eigenvalue weighted by atomic mass is 79.9. The Balaban J connectivity index is 2.42. The summed E-state index contributed by atoms with van der Waals surface area (Å²) in [6, 6.07) is 3.38. The van der Waals surface area contributed by atoms with Crippen molar-refractivity contribution in [3.8, 4) is 11.5 Å². The lowest BCUT2D eigenvalue weighted by molar-refractivity contribution is -0.115. The molecule has 19 heavy (non-hydrogen) atoms. The Morgan fingerprint density at radius 3 is 2.89 bits per heavy atom. The number of halogens is 1. The molecule has 100 valence electrons. The normalized spacial score (nSPS) is 16.8. The number of benzene rings is 1. The Morgan fingerprint density at radius 2 is 2.32 bits per heavy atom. The van der Waals surface area contributed by atoms with E-state index in [-0.39, 0.29) is 11.7 Å². The fraction of sp³-hybridized carbons (Fsp3) is 0.167. The van der Waals surface area contributed by atoms with Gasteiger partial charge in [0.2, 0.25) is 0 Å². The van der Waals surface area contributed by atoms with Crippen LogP contribution in [0.4, 0.5) is 0 Å². The number of carbonyl (C=O) groups excluding carboxylic acids is 1. The van der Waals surface area contributed by atoms with E-state index in [1.54, 1.807) is 18.2 Å². The van der Waals surface area contributed by atoms with Crippen LogP contribution in [0.5, 0.6) is 11.5 Å². The lowest BCUT2D eigenvalue weighted by Gasteiger charge is -2.09. The molecular weight excluding hydrogens is 350 g/mol. The molecule has 4 nitrogen and oxygen atoms in total. The van der Waals surface area contributed by atoms with Crippen LogP contribution >= 0.6 is 39.9 Å². The molecule has 0 aliphatic carbocycles. The number of thiocarbonyl (C=S) groups is 1. The average Bonchev–Trinajstić information content (AvgIpc) is 2.64. The average molecular weight is 360 g/mol. The van der Waals surface area contributed by atoms with E-state index in [9.17, 15) is 9.90 Å². The minimum atomic E-state index is -0.257. The van der Waals surface area contributed by atoms with Crippen LogP contribution in [0.1, 0.15) is 12.5 Å². The summed E-state index contributed by atoms with van der Waals surface area (Å²) < 4.78 is 6.50. The SMILES string of the molecule is CCOc1cc(Br)cc(/C=C2\SC(=S)NC2=O)c1O. The third-order valence-corrected chi connectivity index (χ3v) is 3.92. The van der Waals surface area contributed by atoms with Gasteiger partial charge in [-0.3, -0.25) is 4.79 Å². The van der Waals surface area contributed by atoms with E-state index < -0.39 is 0 Å². The molecule has 0 atom stereocenters. The van der Waals surface area contributed by atoms with Crippen molar-refractivity contribution in [3.05, 3.63) is 27.1 Å². The molecule has 1 saturated heterocycles. The predicted octanol–water partition coefficient (Wildman–Crippen LogP) is 3.04. The Kier molecular flexibility index (Phi) is 4.49. The van der Waals surface area contributed by atoms with Crippen LogP contribution in [0.25, 0.3) is 6.08 Å². The van der Waals surface area contributed by atoms with Crippen molar-refractivity contribution in [2.45, 2.75) is 6.92 Å². The Morgan fingerprint density at radius 1 is 1.58 bits per heavy atom. The van der Waals surface area contributed by atoms with Gasteiger partial charge < -0.3 is 15.2 Å². The molecule has 1 amide bonds. The number of phenolic OH excluding ortho intramolecular Hbond substituents is 1. The minimum Gasteiger partial charge on any atom is -0.504 e. The van der Waals surface area contributed by atoms with Crippen LogP contribution in [-0.4, -0.2) is 21.9 Å². The molecule has 1 heterocycles. The van der Waals surface area contributed by atoms with Crippen molar-refractivity contribution in [1.82, 2.24) is 5.32 Å². The van der Waals surface area contributed by atoms with Gasteiger partial charge in [-0.15, -0.1) is 0 Å². The number of hydrogen-bond acceptors (Lipinski definition) is 5. The van der Waals surface area contributed by atoms with Gasteiger partial charge in [-0.05, 0) is 25.1 Å². The van der Waals surface area contributed by atoms with E-state index in [1.807, 2.05) is 6.92 Å². The first-order valence-electron chi connectivity index (χ1n) is 5.41. The second kappa shape index (κ2) is 5.94. The van der Waals surface area contributed by atoms with Crippen LogP contribution in [0.2, 0.25) is 0 Å². The van der Waals surface area contributed by atoms with E-state index in [1.165, 1.54) is 11.8 Å². The number of rotatable bonds is 3. The molecule has 1 aliphatic rings. The number of phenols is 1. The third-order valence-electron chi connectivity index (χ3n) is 2.30. The second-order valence-electron chi connectivity index (χ2n) is 3.63. The van der Waals surface area contributed by atoms with Crippen molar-refractivity contribution in [2.24, 2.45) is 0 Å². The summed E-state index contributed by atoms with van der Waals surface area (Å²) in [5.74, 6) is 0.116. The molecule has 0 radical (unpaired) electrons. The van der Waals surface area contributed by atoms with Gasteiger partial charge >= 0.3 is 0 Å². The number of ether oxygens (including phenoxy) is 1. The largest absolute Gasteiger partial charge is 0.504 e. The first-order valence-corrected chi connectivity index (χ1v) is 7.43. The Labute approximate surface area is 128 Å². The van der Waals surface area contributed by atoms with E-state index in [0.29, 0.717) is 27.1 Å². The highest BCUT2D eigenvalue weighted by Gasteiger charge is 2.23. The number of hydrogen-bond donors (Lipinski definition) is 2. The zero-order chi connectivity index (χ0) is 14.0. The molecule has 2 rings (SSSR count). The second-order valence-corrected chi connectivity index (χ2v) is 6.26. The van der Waals surface area contributed by atoms with Gasteiger partial charge in [0.05, 0.1) is 11.5 Å². The molecule has 0 saturated carbocycles. The predicted molar refractivity (Wildman–Crippen MR) is 83.3 cm³/mol. The summed E-state index contributed by atoms with van der Waals surface area (Å²) in [5.41, 5.74) is 0.500. The number of aromatic hydroxyl groups is 1. The van der Waals surface area contributed by atoms with Crippen molar-refractivity contribution in [3.63, 3.8) is 0 Å². The third kappa shape index (κ3) is 3.29. The topological polar surface area (TPSA) is 58.6 Å². The van der Waals surface area contributed by atoms with Gasteiger partial charge in [-0.2, -0.15) is 0 Å². The summed E-state index contributed by atoms with van der Waals surface area (Å²) in [6.07, 6.45) is 1.59. The van der Waals surface area contributed by atoms with Crippen LogP contribution < -0.4 is 10.1 Å². The fourth-order valence-electron chi connectivity index (χ4n) is 1.53. The molecule has 0 aromatic heterocycles. The lowest BCUT2D eigenvalue weighted by atomic mass is 10.1. The van der Waals surface area contributed by atoms with E-state index >= 15 is 0 Å². The summed E-state index contributed by atoms with van der Waals surface area (Å²) in [6.45, 7) is 2.27. The van der Waals surface area contributed by atoms with E-state index in [0.717, 1.165) is 4.47 Å². The van der Waals surface area contributed by atoms with Gasteiger partial charge in [0.25, 0.3) is 5.91 Å². The van der Waals surface area contributed by atoms with Crippen molar-refractivity contribution < 1.29 is 14.6 Å². The summed E-state index contributed by atoms with van der Waals surface area (Å²) >= 11 is 9.42. The standard InChI is InChI=1S/C12H10BrNO3S2/c1-2-17-8-5-7(13)3-6(10(8)15)4-9-11(16)14-12(18)19-9/h3-5,15H,2H2,1H3,(H,14,16,18)/b9-4-. The van der Waals surface area contributed by atoms with Crippen molar-refractivity contribution >= 4 is 56.2 Å². The maximum Gasteiger partial charge on any atom is 0.263 e. The fourth-order valence-corrected chi connectivity index (χ4v) is 3.02. The summed E-state index contributed by atoms with van der Waals surface area (Å²) in [4.78, 5) is 12.0. The molecule has 7 heteroatoms. The van der Waals surface area contributed by atoms with Crippen LogP contribution in [-0.2, 0) is 4.79 Å². The maximum atomic E-state index is 11.6. The minimum absolute atomic E-state index is 0.00349. The van der Waals surface area contributed by atoms with Gasteiger partial charge in [-0.25, -0.2) is 0 Å². The van der Waals surface area contributed by atoms with Crippen LogP contribution in [0.3, 0.4) is 0 Å². The number of thioether (sulfide) groups is 1. The summed E-state index contributed by atoms with van der Waals surface area (Å²) in [5, 5.41) is 12.6. The molecule has 1 aromatic carbocycles. The maximum absolute atomic E-state index is 11.6. The highest BCUT2D eigenvalue weighted by molar-refractivity contribution is 9.10. The van der Waals surface area contributed by atoms with Gasteiger partial charge in [-0.1, -0.05) is 39.9 Å². The molecule has 1 fully saturated rings. The molecule has 0 bridgehead atoms. The number of carbonyl (C=O) groups is 1. The van der Waals surface area contributed by atoms with Crippen molar-refractivity contribution in [2.75, 3.05) is 6.61 Å². The van der Waals surface area contributed by atoms with Gasteiger partial charge in [0.15, 0.2) is 11.5 Å². The zero-order valence-electron chi connectivity index (χ0n) is 9.90. The molecular formula is C12H10BrNO3S2. The van der Waals surface area contributed by atoms with Crippen molar-refractivity contribution in [1.29, 1.82) is 0 Å². The number of nitrogens with one attached hydrogen (secondary N) is 1. The molecule has 1 aliphatic heterocycles. The summed E-state index contributed by atoms with van der Waals surface area (Å²) in [7, 11) is 0. The molecule has 1 aromatic rings. The van der Waals surface area contributed by atoms with Gasteiger partial charge in [0, 0.05) is 10.0 Å². The Bertz CT molecular complexity index is 587. The van der Waals surface area contributed by atoms with E-state index in [4.69, 9.17) is 17.0 Å². The van der Waals surface area contributed by atoms with Crippen LogP contribution in [0.15, 0.2) is 21.5 Å². The molecule has 0 spiro atoms. The van der Waals surface area contributed by atoms with Gasteiger partial charge in [0.1, 0.15) is 4.32 Å². The van der Waals surface area contributed by atoms with Crippen LogP contribution in [0, 0.1) is 0 Å². The smallest absolute Gasteiger partial charge is 0.263 e. The first-order chi connectivity index (χ1) is 9.01. The highest BCUT2D eigenvalue weighted by Crippen LogP contribution is 2.37.